The number of benzene rings is 2. The molecule has 6 heteroatoms. The van der Waals surface area contributed by atoms with Gasteiger partial charge in [-0.05, 0) is 30.3 Å². The van der Waals surface area contributed by atoms with Crippen LogP contribution in [0.25, 0.3) is 0 Å². The maximum atomic E-state index is 11.0. The number of primary amides is 1. The molecular formula is C14H12BrClN2O2. The molecule has 0 aliphatic rings. The van der Waals surface area contributed by atoms with Crippen LogP contribution >= 0.6 is 27.5 Å². The summed E-state index contributed by atoms with van der Waals surface area (Å²) in [5, 5.41) is 0.514. The molecule has 2 aromatic rings. The van der Waals surface area contributed by atoms with Gasteiger partial charge in [-0.3, -0.25) is 4.79 Å². The topological polar surface area (TPSA) is 78.3 Å². The Balaban J connectivity index is 2.15. The van der Waals surface area contributed by atoms with Gasteiger partial charge < -0.3 is 16.2 Å². The van der Waals surface area contributed by atoms with E-state index in [-0.39, 0.29) is 6.61 Å². The van der Waals surface area contributed by atoms with Crippen molar-refractivity contribution in [2.24, 2.45) is 5.73 Å². The maximum Gasteiger partial charge on any atom is 0.248 e. The number of carbonyl (C=O) groups excluding carboxylic acids is 1. The minimum absolute atomic E-state index is 0.251. The third kappa shape index (κ3) is 3.43. The van der Waals surface area contributed by atoms with Crippen LogP contribution < -0.4 is 16.2 Å². The number of rotatable bonds is 4. The second-order valence-electron chi connectivity index (χ2n) is 4.14. The fourth-order valence-corrected chi connectivity index (χ4v) is 2.14. The molecule has 104 valence electrons. The molecule has 0 atom stereocenters. The molecule has 0 saturated carbocycles. The second-order valence-corrected chi connectivity index (χ2v) is 5.46. The van der Waals surface area contributed by atoms with Gasteiger partial charge in [-0.15, -0.1) is 0 Å². The summed E-state index contributed by atoms with van der Waals surface area (Å²) in [5.41, 5.74) is 12.6. The van der Waals surface area contributed by atoms with Gasteiger partial charge in [0.15, 0.2) is 0 Å². The summed E-state index contributed by atoms with van der Waals surface area (Å²) in [7, 11) is 0. The number of anilines is 1. The number of halogens is 2. The molecule has 0 saturated heterocycles. The van der Waals surface area contributed by atoms with Crippen molar-refractivity contribution < 1.29 is 9.53 Å². The van der Waals surface area contributed by atoms with Crippen LogP contribution in [0.15, 0.2) is 40.9 Å². The van der Waals surface area contributed by atoms with Gasteiger partial charge in [0.1, 0.15) is 12.4 Å². The summed E-state index contributed by atoms with van der Waals surface area (Å²) in [6.07, 6.45) is 0. The first kappa shape index (κ1) is 14.7. The van der Waals surface area contributed by atoms with E-state index in [0.29, 0.717) is 22.0 Å². The van der Waals surface area contributed by atoms with Crippen molar-refractivity contribution in [3.8, 4) is 5.75 Å². The molecule has 0 bridgehead atoms. The Labute approximate surface area is 129 Å². The molecule has 0 aliphatic heterocycles. The standard InChI is InChI=1S/C14H12BrClN2O2/c15-10-3-4-11(16)13(6-10)20-7-9-2-1-8(14(18)19)5-12(9)17/h1-6H,7,17H2,(H2,18,19). The van der Waals surface area contributed by atoms with E-state index in [0.717, 1.165) is 10.0 Å². The Kier molecular flexibility index (Phi) is 4.52. The van der Waals surface area contributed by atoms with Crippen molar-refractivity contribution in [3.05, 3.63) is 57.0 Å². The van der Waals surface area contributed by atoms with E-state index in [1.165, 1.54) is 6.07 Å². The smallest absolute Gasteiger partial charge is 0.248 e. The fraction of sp³-hybridized carbons (Fsp3) is 0.0714. The highest BCUT2D eigenvalue weighted by atomic mass is 79.9. The van der Waals surface area contributed by atoms with Gasteiger partial charge in [-0.1, -0.05) is 33.6 Å². The van der Waals surface area contributed by atoms with Gasteiger partial charge in [-0.2, -0.15) is 0 Å². The SMILES string of the molecule is NC(=O)c1ccc(COc2cc(Br)ccc2Cl)c(N)c1. The molecule has 4 N–H and O–H groups in total. The van der Waals surface area contributed by atoms with Crippen molar-refractivity contribution in [2.45, 2.75) is 6.61 Å². The van der Waals surface area contributed by atoms with Crippen LogP contribution in [0.5, 0.6) is 5.75 Å². The Morgan fingerprint density at radius 3 is 2.65 bits per heavy atom. The average Bonchev–Trinajstić information content (AvgIpc) is 2.40. The maximum absolute atomic E-state index is 11.0. The van der Waals surface area contributed by atoms with Crippen molar-refractivity contribution >= 4 is 39.1 Å². The average molecular weight is 356 g/mol. The minimum atomic E-state index is -0.515. The molecule has 2 rings (SSSR count). The van der Waals surface area contributed by atoms with Crippen LogP contribution in [0.1, 0.15) is 15.9 Å². The van der Waals surface area contributed by atoms with Gasteiger partial charge in [-0.25, -0.2) is 0 Å². The van der Waals surface area contributed by atoms with Crippen molar-refractivity contribution in [2.75, 3.05) is 5.73 Å². The number of nitrogen functional groups attached to an aromatic ring is 1. The van der Waals surface area contributed by atoms with Crippen molar-refractivity contribution in [3.63, 3.8) is 0 Å². The van der Waals surface area contributed by atoms with Crippen LogP contribution in [0.4, 0.5) is 5.69 Å². The summed E-state index contributed by atoms with van der Waals surface area (Å²) in [6, 6.07) is 10.2. The molecule has 0 aromatic heterocycles. The predicted octanol–water partition coefficient (Wildman–Crippen LogP) is 3.36. The summed E-state index contributed by atoms with van der Waals surface area (Å²) in [6.45, 7) is 0.251. The summed E-state index contributed by atoms with van der Waals surface area (Å²) in [4.78, 5) is 11.0. The lowest BCUT2D eigenvalue weighted by Crippen LogP contribution is -2.12. The molecule has 2 aromatic carbocycles. The van der Waals surface area contributed by atoms with E-state index in [2.05, 4.69) is 15.9 Å². The normalized spacial score (nSPS) is 10.3. The number of hydrogen-bond donors (Lipinski definition) is 2. The van der Waals surface area contributed by atoms with Gasteiger partial charge in [0.2, 0.25) is 5.91 Å². The molecule has 20 heavy (non-hydrogen) atoms. The van der Waals surface area contributed by atoms with E-state index in [1.54, 1.807) is 24.3 Å². The molecule has 0 heterocycles. The predicted molar refractivity (Wildman–Crippen MR) is 82.9 cm³/mol. The lowest BCUT2D eigenvalue weighted by molar-refractivity contribution is 0.100. The van der Waals surface area contributed by atoms with Gasteiger partial charge >= 0.3 is 0 Å². The zero-order valence-electron chi connectivity index (χ0n) is 10.4. The van der Waals surface area contributed by atoms with Crippen LogP contribution in [-0.4, -0.2) is 5.91 Å². The van der Waals surface area contributed by atoms with Crippen LogP contribution in [-0.2, 0) is 6.61 Å². The van der Waals surface area contributed by atoms with Gasteiger partial charge in [0.25, 0.3) is 0 Å². The lowest BCUT2D eigenvalue weighted by atomic mass is 10.1. The zero-order chi connectivity index (χ0) is 14.7. The molecule has 0 spiro atoms. The summed E-state index contributed by atoms with van der Waals surface area (Å²) in [5.74, 6) is 0.0404. The van der Waals surface area contributed by atoms with E-state index in [9.17, 15) is 4.79 Å². The highest BCUT2D eigenvalue weighted by Gasteiger charge is 2.07. The number of nitrogens with two attached hydrogens (primary N) is 2. The summed E-state index contributed by atoms with van der Waals surface area (Å²) >= 11 is 9.38. The van der Waals surface area contributed by atoms with Gasteiger partial charge in [0, 0.05) is 21.3 Å². The molecule has 0 radical (unpaired) electrons. The number of hydrogen-bond acceptors (Lipinski definition) is 3. The molecule has 1 amide bonds. The van der Waals surface area contributed by atoms with Crippen LogP contribution in [0, 0.1) is 0 Å². The monoisotopic (exact) mass is 354 g/mol. The Morgan fingerprint density at radius 2 is 2.00 bits per heavy atom. The molecule has 4 nitrogen and oxygen atoms in total. The molecule has 0 aliphatic carbocycles. The van der Waals surface area contributed by atoms with E-state index < -0.39 is 5.91 Å². The van der Waals surface area contributed by atoms with E-state index in [1.807, 2.05) is 6.07 Å². The first-order chi connectivity index (χ1) is 9.47. The summed E-state index contributed by atoms with van der Waals surface area (Å²) < 4.78 is 6.50. The zero-order valence-corrected chi connectivity index (χ0v) is 12.7. The third-order valence-corrected chi connectivity index (χ3v) is 3.51. The Morgan fingerprint density at radius 1 is 1.25 bits per heavy atom. The largest absolute Gasteiger partial charge is 0.487 e. The molecular weight excluding hydrogens is 344 g/mol. The first-order valence-corrected chi connectivity index (χ1v) is 6.90. The number of ether oxygens (including phenoxy) is 1. The first-order valence-electron chi connectivity index (χ1n) is 5.73. The molecule has 0 fully saturated rings. The van der Waals surface area contributed by atoms with Crippen LogP contribution in [0.2, 0.25) is 5.02 Å². The van der Waals surface area contributed by atoms with E-state index in [4.69, 9.17) is 27.8 Å². The highest BCUT2D eigenvalue weighted by molar-refractivity contribution is 9.10. The van der Waals surface area contributed by atoms with E-state index >= 15 is 0 Å². The Hall–Kier alpha value is -1.72. The fourth-order valence-electron chi connectivity index (χ4n) is 1.62. The highest BCUT2D eigenvalue weighted by Crippen LogP contribution is 2.29. The Bertz CT molecular complexity index is 662. The minimum Gasteiger partial charge on any atom is -0.487 e. The second kappa shape index (κ2) is 6.15. The quantitative estimate of drug-likeness (QED) is 0.825. The lowest BCUT2D eigenvalue weighted by Gasteiger charge is -2.11. The molecule has 0 unspecified atom stereocenters. The third-order valence-electron chi connectivity index (χ3n) is 2.71. The van der Waals surface area contributed by atoms with Crippen molar-refractivity contribution in [1.82, 2.24) is 0 Å². The number of amides is 1. The van der Waals surface area contributed by atoms with Gasteiger partial charge in [0.05, 0.1) is 5.02 Å². The van der Waals surface area contributed by atoms with Crippen LogP contribution in [0.3, 0.4) is 0 Å². The van der Waals surface area contributed by atoms with Crippen molar-refractivity contribution in [1.29, 1.82) is 0 Å². The number of carbonyl (C=O) groups is 1.